The maximum Gasteiger partial charge on any atom is 0.326 e. The predicted molar refractivity (Wildman–Crippen MR) is 138 cm³/mol. The van der Waals surface area contributed by atoms with E-state index in [2.05, 4.69) is 42.0 Å². The molecule has 0 aromatic heterocycles. The number of carboxylic acids is 1. The largest absolute Gasteiger partial charge is 0.480 e. The van der Waals surface area contributed by atoms with Gasteiger partial charge in [0.1, 0.15) is 12.1 Å². The van der Waals surface area contributed by atoms with Crippen molar-refractivity contribution in [3.05, 3.63) is 0 Å². The van der Waals surface area contributed by atoms with E-state index in [9.17, 15) is 19.5 Å². The van der Waals surface area contributed by atoms with E-state index in [0.29, 0.717) is 31.2 Å². The van der Waals surface area contributed by atoms with Crippen LogP contribution in [-0.4, -0.2) is 53.6 Å². The second kappa shape index (κ2) is 11.7. The van der Waals surface area contributed by atoms with Crippen LogP contribution in [0.5, 0.6) is 0 Å². The van der Waals surface area contributed by atoms with Gasteiger partial charge in [0.2, 0.25) is 5.91 Å². The molecule has 5 atom stereocenters. The number of nitrogens with one attached hydrogen (secondary N) is 5. The summed E-state index contributed by atoms with van der Waals surface area (Å²) in [4.78, 5) is 38.1. The quantitative estimate of drug-likeness (QED) is 0.129. The van der Waals surface area contributed by atoms with Gasteiger partial charge in [-0.05, 0) is 61.2 Å². The third kappa shape index (κ3) is 6.42. The smallest absolute Gasteiger partial charge is 0.326 e. The van der Waals surface area contributed by atoms with E-state index >= 15 is 0 Å². The first-order chi connectivity index (χ1) is 16.9. The zero-order chi connectivity index (χ0) is 26.5. The highest BCUT2D eigenvalue weighted by atomic mass is 16.4. The van der Waals surface area contributed by atoms with Crippen molar-refractivity contribution in [1.29, 1.82) is 5.41 Å². The lowest BCUT2D eigenvalue weighted by Gasteiger charge is -2.40. The Labute approximate surface area is 214 Å². The van der Waals surface area contributed by atoms with Crippen molar-refractivity contribution < 1.29 is 19.5 Å². The maximum atomic E-state index is 13.5. The van der Waals surface area contributed by atoms with Crippen LogP contribution < -0.4 is 27.0 Å². The molecule has 0 aliphatic heterocycles. The fourth-order valence-electron chi connectivity index (χ4n) is 6.83. The summed E-state index contributed by atoms with van der Waals surface area (Å²) in [6.45, 7) is 7.23. The van der Waals surface area contributed by atoms with Crippen LogP contribution in [0.2, 0.25) is 0 Å². The molecular weight excluding hydrogens is 460 g/mol. The molecule has 10 heteroatoms. The van der Waals surface area contributed by atoms with Gasteiger partial charge in [-0.2, -0.15) is 0 Å². The summed E-state index contributed by atoms with van der Waals surface area (Å²) < 4.78 is 0. The summed E-state index contributed by atoms with van der Waals surface area (Å²) in [5.74, 6) is -0.525. The van der Waals surface area contributed by atoms with Gasteiger partial charge in [0.25, 0.3) is 0 Å². The van der Waals surface area contributed by atoms with Gasteiger partial charge in [-0.3, -0.25) is 10.2 Å². The molecule has 0 aromatic rings. The summed E-state index contributed by atoms with van der Waals surface area (Å²) in [5.41, 5.74) is 5.45. The van der Waals surface area contributed by atoms with Crippen LogP contribution in [0.1, 0.15) is 91.4 Å². The van der Waals surface area contributed by atoms with Crippen molar-refractivity contribution in [1.82, 2.24) is 21.3 Å². The number of aliphatic carboxylic acids is 1. The van der Waals surface area contributed by atoms with Crippen molar-refractivity contribution in [3.63, 3.8) is 0 Å². The Morgan fingerprint density at radius 3 is 2.28 bits per heavy atom. The minimum Gasteiger partial charge on any atom is -0.480 e. The Balaban J connectivity index is 1.62. The fraction of sp³-hybridized carbons (Fsp3) is 0.846. The SMILES string of the molecule is CC1(C)[C@@H]2CC[C@@]1(C)[C@@H](NC(=O)[C@@H](CC1CCCCC1)NC(=O)NC(CCCNC(=N)N)C(=O)O)C2. The number of hydrogen-bond acceptors (Lipinski definition) is 4. The molecule has 3 amide bonds. The van der Waals surface area contributed by atoms with Crippen LogP contribution in [-0.2, 0) is 9.59 Å². The zero-order valence-corrected chi connectivity index (χ0v) is 22.1. The molecule has 3 rings (SSSR count). The van der Waals surface area contributed by atoms with E-state index < -0.39 is 24.1 Å². The van der Waals surface area contributed by atoms with E-state index in [1.807, 2.05) is 0 Å². The highest BCUT2D eigenvalue weighted by Gasteiger charge is 2.61. The van der Waals surface area contributed by atoms with Crippen LogP contribution in [0.4, 0.5) is 4.79 Å². The van der Waals surface area contributed by atoms with E-state index in [4.69, 9.17) is 11.1 Å². The summed E-state index contributed by atoms with van der Waals surface area (Å²) in [7, 11) is 0. The maximum absolute atomic E-state index is 13.5. The van der Waals surface area contributed by atoms with Crippen molar-refractivity contribution in [2.45, 2.75) is 110 Å². The average molecular weight is 507 g/mol. The van der Waals surface area contributed by atoms with Gasteiger partial charge in [-0.25, -0.2) is 9.59 Å². The fourth-order valence-corrected chi connectivity index (χ4v) is 6.83. The molecule has 3 aliphatic rings. The monoisotopic (exact) mass is 506 g/mol. The molecule has 0 saturated heterocycles. The molecule has 1 unspecified atom stereocenters. The van der Waals surface area contributed by atoms with E-state index in [0.717, 1.165) is 38.5 Å². The van der Waals surface area contributed by atoms with Gasteiger partial charge in [-0.1, -0.05) is 52.9 Å². The van der Waals surface area contributed by atoms with E-state index in [1.165, 1.54) is 12.8 Å². The number of amides is 3. The number of fused-ring (bicyclic) bond motifs is 2. The van der Waals surface area contributed by atoms with Gasteiger partial charge in [0.05, 0.1) is 0 Å². The molecule has 0 aromatic carbocycles. The third-order valence-corrected chi connectivity index (χ3v) is 9.61. The van der Waals surface area contributed by atoms with Gasteiger partial charge >= 0.3 is 12.0 Å². The number of carbonyl (C=O) groups is 3. The Morgan fingerprint density at radius 2 is 1.72 bits per heavy atom. The molecular formula is C26H46N6O4. The van der Waals surface area contributed by atoms with Crippen LogP contribution in [0.3, 0.4) is 0 Å². The van der Waals surface area contributed by atoms with Gasteiger partial charge < -0.3 is 32.1 Å². The molecule has 3 aliphatic carbocycles. The third-order valence-electron chi connectivity index (χ3n) is 9.61. The molecule has 0 spiro atoms. The lowest BCUT2D eigenvalue weighted by atomic mass is 9.69. The molecule has 36 heavy (non-hydrogen) atoms. The Kier molecular flexibility index (Phi) is 9.11. The second-order valence-electron chi connectivity index (χ2n) is 12.0. The molecule has 204 valence electrons. The first-order valence-corrected chi connectivity index (χ1v) is 13.6. The summed E-state index contributed by atoms with van der Waals surface area (Å²) >= 11 is 0. The number of carbonyl (C=O) groups excluding carboxylic acids is 2. The highest BCUT2D eigenvalue weighted by molar-refractivity contribution is 5.89. The Bertz CT molecular complexity index is 827. The molecule has 3 saturated carbocycles. The molecule has 8 N–H and O–H groups in total. The molecule has 2 bridgehead atoms. The Morgan fingerprint density at radius 1 is 1.06 bits per heavy atom. The first kappa shape index (κ1) is 28.1. The predicted octanol–water partition coefficient (Wildman–Crippen LogP) is 2.67. The van der Waals surface area contributed by atoms with Crippen molar-refractivity contribution in [2.75, 3.05) is 6.54 Å². The van der Waals surface area contributed by atoms with Crippen molar-refractivity contribution in [3.8, 4) is 0 Å². The van der Waals surface area contributed by atoms with Gasteiger partial charge in [0.15, 0.2) is 5.96 Å². The van der Waals surface area contributed by atoms with Gasteiger partial charge in [0, 0.05) is 12.6 Å². The van der Waals surface area contributed by atoms with Gasteiger partial charge in [-0.15, -0.1) is 0 Å². The normalized spacial score (nSPS) is 28.6. The second-order valence-corrected chi connectivity index (χ2v) is 12.0. The average Bonchev–Trinajstić information content (AvgIpc) is 3.14. The summed E-state index contributed by atoms with van der Waals surface area (Å²) in [5, 5.41) is 28.0. The van der Waals surface area contributed by atoms with Crippen LogP contribution >= 0.6 is 0 Å². The summed E-state index contributed by atoms with van der Waals surface area (Å²) in [6, 6.07) is -2.36. The number of hydrogen-bond donors (Lipinski definition) is 7. The van der Waals surface area contributed by atoms with Crippen LogP contribution in [0, 0.1) is 28.1 Å². The molecule has 3 fully saturated rings. The zero-order valence-electron chi connectivity index (χ0n) is 22.1. The molecule has 0 radical (unpaired) electrons. The first-order valence-electron chi connectivity index (χ1n) is 13.6. The van der Waals surface area contributed by atoms with E-state index in [-0.39, 0.29) is 35.2 Å². The number of carboxylic acid groups (broad SMARTS) is 1. The van der Waals surface area contributed by atoms with E-state index in [1.54, 1.807) is 0 Å². The lowest BCUT2D eigenvalue weighted by Crippen LogP contribution is -2.57. The van der Waals surface area contributed by atoms with Crippen LogP contribution in [0.15, 0.2) is 0 Å². The topological polar surface area (TPSA) is 169 Å². The number of nitrogens with two attached hydrogens (primary N) is 1. The lowest BCUT2D eigenvalue weighted by molar-refractivity contribution is -0.139. The number of guanidine groups is 1. The number of urea groups is 1. The number of rotatable bonds is 11. The molecule has 0 heterocycles. The van der Waals surface area contributed by atoms with Crippen molar-refractivity contribution in [2.24, 2.45) is 28.4 Å². The summed E-state index contributed by atoms with van der Waals surface area (Å²) in [6.07, 6.45) is 9.98. The minimum absolute atomic E-state index is 0.0350. The minimum atomic E-state index is -1.14. The van der Waals surface area contributed by atoms with Crippen LogP contribution in [0.25, 0.3) is 0 Å². The van der Waals surface area contributed by atoms with Crippen molar-refractivity contribution >= 4 is 23.9 Å². The highest BCUT2D eigenvalue weighted by Crippen LogP contribution is 2.65. The standard InChI is InChI=1S/C26H46N6O4/c1-25(2)17-11-12-26(25,3)20(15-17)32-21(33)19(14-16-8-5-4-6-9-16)31-24(36)30-18(22(34)35)10-7-13-29-23(27)28/h16-20H,4-15H2,1-3H3,(H,32,33)(H,34,35)(H4,27,28,29)(H2,30,31,36)/t17-,18?,19-,20+,26+/m1/s1. The molecule has 10 nitrogen and oxygen atoms in total. The Hall–Kier alpha value is -2.52.